The lowest BCUT2D eigenvalue weighted by Gasteiger charge is -2.33. The van der Waals surface area contributed by atoms with Crippen LogP contribution in [0.15, 0.2) is 30.5 Å². The average molecular weight is 273 g/mol. The van der Waals surface area contributed by atoms with Gasteiger partial charge in [0.2, 0.25) is 0 Å². The molecule has 2 aromatic rings. The van der Waals surface area contributed by atoms with Crippen LogP contribution < -0.4 is 5.32 Å². The number of aromatic nitrogens is 1. The SMILES string of the molecule is CNCC1CN(C(=O)c2ccc3cc[nH]c3c2)CCO1. The van der Waals surface area contributed by atoms with Crippen molar-refractivity contribution in [1.82, 2.24) is 15.2 Å². The van der Waals surface area contributed by atoms with Gasteiger partial charge in [-0.1, -0.05) is 6.07 Å². The molecule has 1 aliphatic heterocycles. The van der Waals surface area contributed by atoms with Crippen molar-refractivity contribution in [3.05, 3.63) is 36.0 Å². The first-order chi connectivity index (χ1) is 9.78. The molecule has 20 heavy (non-hydrogen) atoms. The summed E-state index contributed by atoms with van der Waals surface area (Å²) in [5.74, 6) is 0.0749. The molecule has 1 atom stereocenters. The molecule has 1 unspecified atom stereocenters. The zero-order valence-corrected chi connectivity index (χ0v) is 11.6. The number of benzene rings is 1. The van der Waals surface area contributed by atoms with Crippen LogP contribution in [0.5, 0.6) is 0 Å². The summed E-state index contributed by atoms with van der Waals surface area (Å²) in [7, 11) is 1.89. The number of morpholine rings is 1. The number of carbonyl (C=O) groups is 1. The normalized spacial score (nSPS) is 19.4. The molecule has 0 saturated carbocycles. The Morgan fingerprint density at radius 2 is 2.40 bits per heavy atom. The first kappa shape index (κ1) is 13.1. The van der Waals surface area contributed by atoms with E-state index < -0.39 is 0 Å². The van der Waals surface area contributed by atoms with Crippen LogP contribution in [0.1, 0.15) is 10.4 Å². The van der Waals surface area contributed by atoms with E-state index in [0.29, 0.717) is 19.7 Å². The maximum absolute atomic E-state index is 12.6. The lowest BCUT2D eigenvalue weighted by Crippen LogP contribution is -2.48. The van der Waals surface area contributed by atoms with Crippen molar-refractivity contribution in [1.29, 1.82) is 0 Å². The Balaban J connectivity index is 1.77. The largest absolute Gasteiger partial charge is 0.373 e. The van der Waals surface area contributed by atoms with E-state index in [-0.39, 0.29) is 12.0 Å². The molecule has 0 bridgehead atoms. The molecular weight excluding hydrogens is 254 g/mol. The molecule has 1 aromatic carbocycles. The van der Waals surface area contributed by atoms with E-state index in [2.05, 4.69) is 10.3 Å². The van der Waals surface area contributed by atoms with Crippen LogP contribution in [-0.2, 0) is 4.74 Å². The van der Waals surface area contributed by atoms with Gasteiger partial charge in [0, 0.05) is 36.9 Å². The van der Waals surface area contributed by atoms with E-state index in [4.69, 9.17) is 4.74 Å². The molecule has 5 nitrogen and oxygen atoms in total. The summed E-state index contributed by atoms with van der Waals surface area (Å²) in [6, 6.07) is 7.78. The topological polar surface area (TPSA) is 57.4 Å². The second-order valence-electron chi connectivity index (χ2n) is 5.08. The first-order valence-electron chi connectivity index (χ1n) is 6.90. The summed E-state index contributed by atoms with van der Waals surface area (Å²) in [5.41, 5.74) is 1.72. The van der Waals surface area contributed by atoms with E-state index in [1.807, 2.05) is 42.4 Å². The minimum atomic E-state index is 0.0749. The molecule has 0 aliphatic carbocycles. The fourth-order valence-electron chi connectivity index (χ4n) is 2.62. The quantitative estimate of drug-likeness (QED) is 0.884. The summed E-state index contributed by atoms with van der Waals surface area (Å²) in [6.07, 6.45) is 1.96. The van der Waals surface area contributed by atoms with Crippen molar-refractivity contribution in [2.45, 2.75) is 6.10 Å². The number of H-pyrrole nitrogens is 1. The van der Waals surface area contributed by atoms with E-state index in [9.17, 15) is 4.79 Å². The number of rotatable bonds is 3. The van der Waals surface area contributed by atoms with Crippen LogP contribution in [0.2, 0.25) is 0 Å². The second kappa shape index (κ2) is 5.64. The summed E-state index contributed by atoms with van der Waals surface area (Å²) >= 11 is 0. The van der Waals surface area contributed by atoms with Gasteiger partial charge in [-0.05, 0) is 30.6 Å². The Labute approximate surface area is 117 Å². The van der Waals surface area contributed by atoms with Crippen molar-refractivity contribution in [2.24, 2.45) is 0 Å². The number of nitrogens with zero attached hydrogens (tertiary/aromatic N) is 1. The van der Waals surface area contributed by atoms with Crippen LogP contribution in [-0.4, -0.2) is 55.2 Å². The Morgan fingerprint density at radius 3 is 3.25 bits per heavy atom. The van der Waals surface area contributed by atoms with E-state index >= 15 is 0 Å². The number of likely N-dealkylation sites (N-methyl/N-ethyl adjacent to an activating group) is 1. The van der Waals surface area contributed by atoms with Gasteiger partial charge in [0.1, 0.15) is 0 Å². The highest BCUT2D eigenvalue weighted by atomic mass is 16.5. The number of ether oxygens (including phenoxy) is 1. The van der Waals surface area contributed by atoms with Crippen molar-refractivity contribution >= 4 is 16.8 Å². The number of carbonyl (C=O) groups excluding carboxylic acids is 1. The van der Waals surface area contributed by atoms with Gasteiger partial charge in [-0.15, -0.1) is 0 Å². The minimum Gasteiger partial charge on any atom is -0.373 e. The summed E-state index contributed by atoms with van der Waals surface area (Å²) in [6.45, 7) is 2.66. The van der Waals surface area contributed by atoms with Gasteiger partial charge in [0.15, 0.2) is 0 Å². The predicted molar refractivity (Wildman–Crippen MR) is 77.9 cm³/mol. The third-order valence-corrected chi connectivity index (χ3v) is 3.66. The molecule has 1 amide bonds. The predicted octanol–water partition coefficient (Wildman–Crippen LogP) is 1.23. The highest BCUT2D eigenvalue weighted by Gasteiger charge is 2.24. The monoisotopic (exact) mass is 273 g/mol. The number of fused-ring (bicyclic) bond motifs is 1. The summed E-state index contributed by atoms with van der Waals surface area (Å²) in [5, 5.41) is 4.21. The minimum absolute atomic E-state index is 0.0749. The van der Waals surface area contributed by atoms with E-state index in [0.717, 1.165) is 23.0 Å². The van der Waals surface area contributed by atoms with Gasteiger partial charge in [-0.3, -0.25) is 4.79 Å². The Bertz CT molecular complexity index is 606. The summed E-state index contributed by atoms with van der Waals surface area (Å²) < 4.78 is 5.63. The number of nitrogens with one attached hydrogen (secondary N) is 2. The van der Waals surface area contributed by atoms with Crippen molar-refractivity contribution in [3.63, 3.8) is 0 Å². The number of aromatic amines is 1. The number of hydrogen-bond acceptors (Lipinski definition) is 3. The van der Waals surface area contributed by atoms with Crippen molar-refractivity contribution in [2.75, 3.05) is 33.3 Å². The first-order valence-corrected chi connectivity index (χ1v) is 6.90. The third kappa shape index (κ3) is 2.55. The van der Waals surface area contributed by atoms with Gasteiger partial charge in [0.25, 0.3) is 5.91 Å². The molecule has 0 radical (unpaired) electrons. The third-order valence-electron chi connectivity index (χ3n) is 3.66. The fourth-order valence-corrected chi connectivity index (χ4v) is 2.62. The molecule has 2 N–H and O–H groups in total. The molecule has 0 spiro atoms. The molecule has 106 valence electrons. The van der Waals surface area contributed by atoms with Gasteiger partial charge in [-0.2, -0.15) is 0 Å². The molecule has 1 fully saturated rings. The smallest absolute Gasteiger partial charge is 0.254 e. The average Bonchev–Trinajstić information content (AvgIpc) is 2.94. The van der Waals surface area contributed by atoms with Crippen LogP contribution >= 0.6 is 0 Å². The standard InChI is InChI=1S/C15H19N3O2/c1-16-9-13-10-18(6-7-20-13)15(19)12-3-2-11-4-5-17-14(11)8-12/h2-5,8,13,16-17H,6-7,9-10H2,1H3. The fraction of sp³-hybridized carbons (Fsp3) is 0.400. The highest BCUT2D eigenvalue weighted by Crippen LogP contribution is 2.17. The van der Waals surface area contributed by atoms with Crippen LogP contribution in [0.3, 0.4) is 0 Å². The lowest BCUT2D eigenvalue weighted by atomic mass is 10.1. The zero-order chi connectivity index (χ0) is 13.9. The van der Waals surface area contributed by atoms with E-state index in [1.54, 1.807) is 0 Å². The molecule has 1 saturated heterocycles. The summed E-state index contributed by atoms with van der Waals surface area (Å²) in [4.78, 5) is 17.6. The second-order valence-corrected chi connectivity index (χ2v) is 5.08. The lowest BCUT2D eigenvalue weighted by molar-refractivity contribution is -0.0196. The van der Waals surface area contributed by atoms with Crippen LogP contribution in [0, 0.1) is 0 Å². The number of hydrogen-bond donors (Lipinski definition) is 2. The Kier molecular flexibility index (Phi) is 3.71. The zero-order valence-electron chi connectivity index (χ0n) is 11.6. The Morgan fingerprint density at radius 1 is 1.50 bits per heavy atom. The van der Waals surface area contributed by atoms with Gasteiger partial charge in [-0.25, -0.2) is 0 Å². The molecule has 5 heteroatoms. The van der Waals surface area contributed by atoms with E-state index in [1.165, 1.54) is 0 Å². The van der Waals surface area contributed by atoms with Gasteiger partial charge in [0.05, 0.1) is 12.7 Å². The molecule has 2 heterocycles. The van der Waals surface area contributed by atoms with Gasteiger partial charge < -0.3 is 19.9 Å². The van der Waals surface area contributed by atoms with Crippen molar-refractivity contribution < 1.29 is 9.53 Å². The maximum Gasteiger partial charge on any atom is 0.254 e. The van der Waals surface area contributed by atoms with Gasteiger partial charge >= 0.3 is 0 Å². The molecule has 3 rings (SSSR count). The molecule has 1 aliphatic rings. The molecular formula is C15H19N3O2. The highest BCUT2D eigenvalue weighted by molar-refractivity contribution is 5.98. The van der Waals surface area contributed by atoms with Crippen LogP contribution in [0.4, 0.5) is 0 Å². The maximum atomic E-state index is 12.6. The molecule has 1 aromatic heterocycles. The van der Waals surface area contributed by atoms with Crippen LogP contribution in [0.25, 0.3) is 10.9 Å². The van der Waals surface area contributed by atoms with Crippen molar-refractivity contribution in [3.8, 4) is 0 Å². The Hall–Kier alpha value is -1.85. The number of amides is 1.